The molecular formula is C19H15FN6O2. The van der Waals surface area contributed by atoms with E-state index in [4.69, 9.17) is 4.52 Å². The Balaban J connectivity index is 1.34. The number of aromatic nitrogens is 5. The molecule has 0 saturated heterocycles. The Morgan fingerprint density at radius 2 is 2.04 bits per heavy atom. The highest BCUT2D eigenvalue weighted by Gasteiger charge is 2.29. The third-order valence-electron chi connectivity index (χ3n) is 4.56. The summed E-state index contributed by atoms with van der Waals surface area (Å²) in [6.45, 7) is 0. The molecule has 3 aromatic heterocycles. The second-order valence-electron chi connectivity index (χ2n) is 6.72. The molecule has 1 amide bonds. The van der Waals surface area contributed by atoms with Crippen molar-refractivity contribution >= 4 is 17.2 Å². The minimum atomic E-state index is -0.359. The van der Waals surface area contributed by atoms with Crippen LogP contribution in [-0.2, 0) is 11.2 Å². The van der Waals surface area contributed by atoms with Gasteiger partial charge in [0.25, 0.3) is 5.89 Å². The van der Waals surface area contributed by atoms with Gasteiger partial charge in [-0.15, -0.1) is 10.2 Å². The van der Waals surface area contributed by atoms with Crippen molar-refractivity contribution in [3.8, 4) is 11.5 Å². The molecule has 0 unspecified atom stereocenters. The van der Waals surface area contributed by atoms with E-state index in [1.807, 2.05) is 6.07 Å². The summed E-state index contributed by atoms with van der Waals surface area (Å²) in [7, 11) is 0. The van der Waals surface area contributed by atoms with Crippen LogP contribution in [0.25, 0.3) is 17.1 Å². The summed E-state index contributed by atoms with van der Waals surface area (Å²) in [6, 6.07) is 9.19. The fourth-order valence-electron chi connectivity index (χ4n) is 2.94. The van der Waals surface area contributed by atoms with Crippen molar-refractivity contribution in [2.75, 3.05) is 5.32 Å². The molecule has 1 fully saturated rings. The second kappa shape index (κ2) is 6.52. The minimum absolute atomic E-state index is 0.0320. The lowest BCUT2D eigenvalue weighted by molar-refractivity contribution is -0.115. The van der Waals surface area contributed by atoms with E-state index in [-0.39, 0.29) is 18.1 Å². The Bertz CT molecular complexity index is 1160. The SMILES string of the molecule is O=C(Cc1nnc2cc(-c3nc(C4CC4)no3)ccn12)Nc1ccc(F)cc1. The summed E-state index contributed by atoms with van der Waals surface area (Å²) in [4.78, 5) is 16.7. The molecule has 5 rings (SSSR count). The highest BCUT2D eigenvalue weighted by molar-refractivity contribution is 5.91. The van der Waals surface area contributed by atoms with Gasteiger partial charge in [-0.25, -0.2) is 4.39 Å². The second-order valence-corrected chi connectivity index (χ2v) is 6.72. The van der Waals surface area contributed by atoms with E-state index in [2.05, 4.69) is 25.7 Å². The van der Waals surface area contributed by atoms with Gasteiger partial charge in [0.05, 0.1) is 6.42 Å². The number of carbonyl (C=O) groups is 1. The summed E-state index contributed by atoms with van der Waals surface area (Å²) < 4.78 is 20.0. The van der Waals surface area contributed by atoms with Crippen LogP contribution in [0.4, 0.5) is 10.1 Å². The summed E-state index contributed by atoms with van der Waals surface area (Å²) in [5, 5.41) is 14.9. The molecule has 1 N–H and O–H groups in total. The van der Waals surface area contributed by atoms with E-state index < -0.39 is 0 Å². The van der Waals surface area contributed by atoms with Crippen LogP contribution in [0, 0.1) is 5.82 Å². The lowest BCUT2D eigenvalue weighted by Crippen LogP contribution is -2.16. The Kier molecular flexibility index (Phi) is 3.85. The van der Waals surface area contributed by atoms with Crippen LogP contribution in [-0.4, -0.2) is 30.6 Å². The average Bonchev–Trinajstić information content (AvgIpc) is 3.29. The molecule has 8 nitrogen and oxygen atoms in total. The maximum atomic E-state index is 13.0. The Hall–Kier alpha value is -3.62. The largest absolute Gasteiger partial charge is 0.334 e. The number of carbonyl (C=O) groups excluding carboxylic acids is 1. The number of pyridine rings is 1. The van der Waals surface area contributed by atoms with E-state index in [0.717, 1.165) is 24.2 Å². The van der Waals surface area contributed by atoms with Gasteiger partial charge >= 0.3 is 0 Å². The number of nitrogens with zero attached hydrogens (tertiary/aromatic N) is 5. The molecule has 0 radical (unpaired) electrons. The minimum Gasteiger partial charge on any atom is -0.334 e. The van der Waals surface area contributed by atoms with Gasteiger partial charge in [0.15, 0.2) is 11.5 Å². The lowest BCUT2D eigenvalue weighted by atomic mass is 10.2. The number of benzene rings is 1. The summed E-state index contributed by atoms with van der Waals surface area (Å²) >= 11 is 0. The first-order valence-electron chi connectivity index (χ1n) is 8.89. The fourth-order valence-corrected chi connectivity index (χ4v) is 2.94. The van der Waals surface area contributed by atoms with Crippen molar-refractivity contribution < 1.29 is 13.7 Å². The fraction of sp³-hybridized carbons (Fsp3) is 0.211. The molecule has 1 aromatic carbocycles. The quantitative estimate of drug-likeness (QED) is 0.573. The van der Waals surface area contributed by atoms with Crippen LogP contribution in [0.2, 0.25) is 0 Å². The Morgan fingerprint density at radius 3 is 2.82 bits per heavy atom. The third kappa shape index (κ3) is 3.22. The Labute approximate surface area is 158 Å². The van der Waals surface area contributed by atoms with Gasteiger partial charge in [-0.05, 0) is 49.2 Å². The summed E-state index contributed by atoms with van der Waals surface area (Å²) in [6.07, 6.45) is 4.01. The normalized spacial score (nSPS) is 13.8. The topological polar surface area (TPSA) is 98.2 Å². The highest BCUT2D eigenvalue weighted by Crippen LogP contribution is 2.38. The van der Waals surface area contributed by atoms with Crippen LogP contribution >= 0.6 is 0 Å². The molecule has 0 bridgehead atoms. The summed E-state index contributed by atoms with van der Waals surface area (Å²) in [5.74, 6) is 1.47. The molecule has 0 aliphatic heterocycles. The number of halogens is 1. The van der Waals surface area contributed by atoms with Gasteiger partial charge in [-0.1, -0.05) is 5.16 Å². The van der Waals surface area contributed by atoms with E-state index >= 15 is 0 Å². The number of amides is 1. The summed E-state index contributed by atoms with van der Waals surface area (Å²) in [5.41, 5.74) is 1.85. The zero-order valence-corrected chi connectivity index (χ0v) is 14.7. The molecule has 140 valence electrons. The monoisotopic (exact) mass is 378 g/mol. The zero-order chi connectivity index (χ0) is 19.1. The van der Waals surface area contributed by atoms with Crippen LogP contribution in [0.3, 0.4) is 0 Å². The van der Waals surface area contributed by atoms with Gasteiger partial charge in [0, 0.05) is 23.4 Å². The van der Waals surface area contributed by atoms with Crippen molar-refractivity contribution in [1.82, 2.24) is 24.7 Å². The highest BCUT2D eigenvalue weighted by atomic mass is 19.1. The van der Waals surface area contributed by atoms with E-state index in [9.17, 15) is 9.18 Å². The lowest BCUT2D eigenvalue weighted by Gasteiger charge is -2.04. The Morgan fingerprint density at radius 1 is 1.21 bits per heavy atom. The maximum Gasteiger partial charge on any atom is 0.258 e. The van der Waals surface area contributed by atoms with Crippen molar-refractivity contribution in [3.05, 3.63) is 60.1 Å². The molecule has 3 heterocycles. The standard InChI is InChI=1S/C19H15FN6O2/c20-13-3-5-14(6-4-13)21-17(27)10-16-24-23-15-9-12(7-8-26(15)16)19-22-18(25-28-19)11-1-2-11/h3-9,11H,1-2,10H2,(H,21,27). The van der Waals surface area contributed by atoms with Gasteiger partial charge < -0.3 is 9.84 Å². The molecular weight excluding hydrogens is 363 g/mol. The van der Waals surface area contributed by atoms with Crippen LogP contribution < -0.4 is 5.32 Å². The van der Waals surface area contributed by atoms with Gasteiger partial charge in [-0.3, -0.25) is 9.20 Å². The first-order chi connectivity index (χ1) is 13.7. The first-order valence-corrected chi connectivity index (χ1v) is 8.89. The van der Waals surface area contributed by atoms with E-state index in [1.54, 1.807) is 16.7 Å². The van der Waals surface area contributed by atoms with Crippen LogP contribution in [0.1, 0.15) is 30.4 Å². The number of anilines is 1. The molecule has 0 atom stereocenters. The van der Waals surface area contributed by atoms with Crippen molar-refractivity contribution in [2.45, 2.75) is 25.2 Å². The van der Waals surface area contributed by atoms with Crippen LogP contribution in [0.5, 0.6) is 0 Å². The third-order valence-corrected chi connectivity index (χ3v) is 4.56. The molecule has 9 heteroatoms. The number of hydrogen-bond acceptors (Lipinski definition) is 6. The number of fused-ring (bicyclic) bond motifs is 1. The molecule has 4 aromatic rings. The van der Waals surface area contributed by atoms with Crippen molar-refractivity contribution in [3.63, 3.8) is 0 Å². The maximum absolute atomic E-state index is 13.0. The molecule has 1 aliphatic carbocycles. The molecule has 1 aliphatic rings. The van der Waals surface area contributed by atoms with Gasteiger partial charge in [-0.2, -0.15) is 4.98 Å². The van der Waals surface area contributed by atoms with Crippen LogP contribution in [0.15, 0.2) is 47.1 Å². The predicted molar refractivity (Wildman–Crippen MR) is 97.0 cm³/mol. The zero-order valence-electron chi connectivity index (χ0n) is 14.7. The predicted octanol–water partition coefficient (Wildman–Crippen LogP) is 2.98. The van der Waals surface area contributed by atoms with Crippen molar-refractivity contribution in [2.24, 2.45) is 0 Å². The first kappa shape index (κ1) is 16.5. The van der Waals surface area contributed by atoms with E-state index in [0.29, 0.717) is 29.0 Å². The molecule has 28 heavy (non-hydrogen) atoms. The molecule has 1 saturated carbocycles. The van der Waals surface area contributed by atoms with Crippen molar-refractivity contribution in [1.29, 1.82) is 0 Å². The number of hydrogen-bond donors (Lipinski definition) is 1. The smallest absolute Gasteiger partial charge is 0.258 e. The van der Waals surface area contributed by atoms with Gasteiger partial charge in [0.1, 0.15) is 11.6 Å². The van der Waals surface area contributed by atoms with E-state index in [1.165, 1.54) is 24.3 Å². The number of nitrogens with one attached hydrogen (secondary N) is 1. The van der Waals surface area contributed by atoms with Gasteiger partial charge in [0.2, 0.25) is 5.91 Å². The average molecular weight is 378 g/mol. The molecule has 0 spiro atoms. The number of rotatable bonds is 5.